The molecule has 0 spiro atoms. The van der Waals surface area contributed by atoms with E-state index in [2.05, 4.69) is 10.3 Å². The Labute approximate surface area is 167 Å². The van der Waals surface area contributed by atoms with Crippen LogP contribution in [0.25, 0.3) is 11.0 Å². The number of amides is 1. The molecule has 3 N–H and O–H groups in total. The van der Waals surface area contributed by atoms with Gasteiger partial charge in [-0.25, -0.2) is 4.98 Å². The van der Waals surface area contributed by atoms with E-state index in [1.807, 2.05) is 29.8 Å². The van der Waals surface area contributed by atoms with Crippen molar-refractivity contribution in [3.8, 4) is 0 Å². The molecule has 4 rings (SSSR count). The van der Waals surface area contributed by atoms with E-state index < -0.39 is 0 Å². The van der Waals surface area contributed by atoms with Crippen LogP contribution in [0.5, 0.6) is 0 Å². The smallest absolute Gasteiger partial charge is 0.255 e. The standard InChI is InChI=1S/C20H21ClN6O/c1-26-16-7-6-13(21)11-15(16)25-17(26)8-9-24-20(28)14-3-2-10-27(19(14)23)18(22)12-4-5-12/h2-3,6-7,10-12,22-23H,4-5,8-9H2,1H3,(H,24,28). The fraction of sp³-hybridized carbons (Fsp3) is 0.300. The molecule has 0 aliphatic heterocycles. The molecule has 0 bridgehead atoms. The van der Waals surface area contributed by atoms with Crippen molar-refractivity contribution in [1.29, 1.82) is 10.8 Å². The Morgan fingerprint density at radius 3 is 2.89 bits per heavy atom. The number of rotatable bonds is 5. The number of fused-ring (bicyclic) bond motifs is 1. The number of nitrogens with zero attached hydrogens (tertiary/aromatic N) is 3. The Balaban J connectivity index is 1.45. The lowest BCUT2D eigenvalue weighted by atomic mass is 10.2. The maximum atomic E-state index is 12.6. The zero-order valence-corrected chi connectivity index (χ0v) is 16.3. The summed E-state index contributed by atoms with van der Waals surface area (Å²) < 4.78 is 3.48. The number of aromatic nitrogens is 3. The molecule has 1 amide bonds. The molecule has 2 aromatic heterocycles. The molecule has 8 heteroatoms. The SMILES string of the molecule is Cn1c(CCNC(=O)c2cccn(C(=N)C3CC3)c2=N)nc2cc(Cl)ccc21. The van der Waals surface area contributed by atoms with Crippen LogP contribution >= 0.6 is 11.6 Å². The van der Waals surface area contributed by atoms with Gasteiger partial charge in [-0.05, 0) is 43.2 Å². The molecular weight excluding hydrogens is 376 g/mol. The molecule has 2 heterocycles. The Bertz CT molecular complexity index is 1140. The number of pyridine rings is 1. The summed E-state index contributed by atoms with van der Waals surface area (Å²) in [7, 11) is 1.94. The van der Waals surface area contributed by atoms with Crippen molar-refractivity contribution < 1.29 is 4.79 Å². The highest BCUT2D eigenvalue weighted by Crippen LogP contribution is 2.30. The van der Waals surface area contributed by atoms with Crippen LogP contribution in [0.2, 0.25) is 5.02 Å². The summed E-state index contributed by atoms with van der Waals surface area (Å²) in [4.78, 5) is 17.1. The summed E-state index contributed by atoms with van der Waals surface area (Å²) in [5.74, 6) is 1.13. The number of aryl methyl sites for hydroxylation is 1. The second kappa shape index (κ2) is 7.24. The van der Waals surface area contributed by atoms with Gasteiger partial charge >= 0.3 is 0 Å². The normalized spacial score (nSPS) is 13.6. The van der Waals surface area contributed by atoms with Crippen molar-refractivity contribution in [3.05, 3.63) is 58.4 Å². The van der Waals surface area contributed by atoms with E-state index in [9.17, 15) is 4.79 Å². The van der Waals surface area contributed by atoms with Crippen molar-refractivity contribution in [1.82, 2.24) is 19.4 Å². The van der Waals surface area contributed by atoms with E-state index in [0.29, 0.717) is 23.8 Å². The highest BCUT2D eigenvalue weighted by molar-refractivity contribution is 6.31. The van der Waals surface area contributed by atoms with Crippen molar-refractivity contribution in [3.63, 3.8) is 0 Å². The third-order valence-electron chi connectivity index (χ3n) is 5.03. The molecule has 1 aliphatic carbocycles. The predicted molar refractivity (Wildman–Crippen MR) is 108 cm³/mol. The lowest BCUT2D eigenvalue weighted by Gasteiger charge is -2.11. The van der Waals surface area contributed by atoms with Crippen LogP contribution in [-0.4, -0.2) is 32.4 Å². The first-order valence-electron chi connectivity index (χ1n) is 9.20. The Morgan fingerprint density at radius 1 is 1.36 bits per heavy atom. The van der Waals surface area contributed by atoms with E-state index in [0.717, 1.165) is 29.7 Å². The first-order valence-corrected chi connectivity index (χ1v) is 9.57. The first kappa shape index (κ1) is 18.4. The maximum absolute atomic E-state index is 12.6. The molecule has 0 atom stereocenters. The second-order valence-electron chi connectivity index (χ2n) is 7.03. The number of hydrogen-bond acceptors (Lipinski definition) is 4. The molecule has 1 fully saturated rings. The second-order valence-corrected chi connectivity index (χ2v) is 7.46. The van der Waals surface area contributed by atoms with Gasteiger partial charge in [0, 0.05) is 37.2 Å². The van der Waals surface area contributed by atoms with Crippen LogP contribution in [0.1, 0.15) is 29.0 Å². The summed E-state index contributed by atoms with van der Waals surface area (Å²) in [6.45, 7) is 0.401. The zero-order valence-electron chi connectivity index (χ0n) is 15.5. The summed E-state index contributed by atoms with van der Waals surface area (Å²) >= 11 is 6.03. The molecule has 1 aromatic carbocycles. The number of imidazole rings is 1. The van der Waals surface area contributed by atoms with E-state index in [1.54, 1.807) is 18.3 Å². The lowest BCUT2D eigenvalue weighted by molar-refractivity contribution is 0.0951. The third-order valence-corrected chi connectivity index (χ3v) is 5.27. The van der Waals surface area contributed by atoms with Crippen LogP contribution in [0.3, 0.4) is 0 Å². The van der Waals surface area contributed by atoms with E-state index in [-0.39, 0.29) is 22.9 Å². The quantitative estimate of drug-likeness (QED) is 0.456. The van der Waals surface area contributed by atoms with Gasteiger partial charge in [-0.3, -0.25) is 20.2 Å². The van der Waals surface area contributed by atoms with Gasteiger partial charge in [0.1, 0.15) is 17.1 Å². The number of benzene rings is 1. The molecule has 7 nitrogen and oxygen atoms in total. The van der Waals surface area contributed by atoms with Gasteiger partial charge in [-0.2, -0.15) is 0 Å². The minimum absolute atomic E-state index is 0.0503. The van der Waals surface area contributed by atoms with Crippen LogP contribution in [0.4, 0.5) is 0 Å². The molecule has 28 heavy (non-hydrogen) atoms. The van der Waals surface area contributed by atoms with E-state index in [1.165, 1.54) is 4.57 Å². The Hall–Kier alpha value is -2.93. The predicted octanol–water partition coefficient (Wildman–Crippen LogP) is 2.72. The van der Waals surface area contributed by atoms with Gasteiger partial charge in [0.2, 0.25) is 0 Å². The number of hydrogen-bond donors (Lipinski definition) is 3. The van der Waals surface area contributed by atoms with Gasteiger partial charge in [-0.1, -0.05) is 11.6 Å². The minimum atomic E-state index is -0.315. The lowest BCUT2D eigenvalue weighted by Crippen LogP contribution is -2.36. The van der Waals surface area contributed by atoms with Gasteiger partial charge in [0.25, 0.3) is 5.91 Å². The van der Waals surface area contributed by atoms with Gasteiger partial charge in [-0.15, -0.1) is 0 Å². The average molecular weight is 397 g/mol. The van der Waals surface area contributed by atoms with Crippen molar-refractivity contribution in [2.45, 2.75) is 19.3 Å². The molecule has 0 saturated heterocycles. The first-order chi connectivity index (χ1) is 13.5. The Kier molecular flexibility index (Phi) is 4.77. The summed E-state index contributed by atoms with van der Waals surface area (Å²) in [5.41, 5.74) is 2.13. The Morgan fingerprint density at radius 2 is 2.14 bits per heavy atom. The van der Waals surface area contributed by atoms with E-state index in [4.69, 9.17) is 22.4 Å². The van der Waals surface area contributed by atoms with Crippen molar-refractivity contribution in [2.24, 2.45) is 13.0 Å². The van der Waals surface area contributed by atoms with Crippen LogP contribution in [0, 0.1) is 16.7 Å². The largest absolute Gasteiger partial charge is 0.351 e. The number of nitrogens with one attached hydrogen (secondary N) is 3. The number of carbonyl (C=O) groups excluding carboxylic acids is 1. The number of carbonyl (C=O) groups is 1. The van der Waals surface area contributed by atoms with Gasteiger partial charge in [0.05, 0.1) is 16.6 Å². The van der Waals surface area contributed by atoms with Gasteiger partial charge in [0.15, 0.2) is 0 Å². The van der Waals surface area contributed by atoms with E-state index >= 15 is 0 Å². The van der Waals surface area contributed by atoms with Crippen molar-refractivity contribution in [2.75, 3.05) is 6.54 Å². The molecule has 1 saturated carbocycles. The molecule has 0 unspecified atom stereocenters. The van der Waals surface area contributed by atoms with Crippen LogP contribution < -0.4 is 10.8 Å². The van der Waals surface area contributed by atoms with Gasteiger partial charge < -0.3 is 9.88 Å². The third kappa shape index (κ3) is 3.45. The minimum Gasteiger partial charge on any atom is -0.351 e. The highest BCUT2D eigenvalue weighted by atomic mass is 35.5. The van der Waals surface area contributed by atoms with Crippen LogP contribution in [-0.2, 0) is 13.5 Å². The molecule has 144 valence electrons. The monoisotopic (exact) mass is 396 g/mol. The summed E-state index contributed by atoms with van der Waals surface area (Å²) in [6.07, 6.45) is 4.19. The maximum Gasteiger partial charge on any atom is 0.255 e. The topological polar surface area (TPSA) is 99.5 Å². The summed E-state index contributed by atoms with van der Waals surface area (Å²) in [6, 6.07) is 8.90. The zero-order chi connectivity index (χ0) is 19.8. The van der Waals surface area contributed by atoms with Crippen molar-refractivity contribution >= 4 is 34.4 Å². The number of halogens is 1. The molecular formula is C20H21ClN6O. The highest BCUT2D eigenvalue weighted by Gasteiger charge is 2.28. The van der Waals surface area contributed by atoms with Crippen LogP contribution in [0.15, 0.2) is 36.5 Å². The average Bonchev–Trinajstić information content (AvgIpc) is 3.47. The molecule has 3 aromatic rings. The fourth-order valence-electron chi connectivity index (χ4n) is 3.28. The molecule has 1 aliphatic rings. The molecule has 0 radical (unpaired) electrons. The summed E-state index contributed by atoms with van der Waals surface area (Å²) in [5, 5.41) is 19.9. The fourth-order valence-corrected chi connectivity index (χ4v) is 3.44.